The summed E-state index contributed by atoms with van der Waals surface area (Å²) in [4.78, 5) is 36.3. The van der Waals surface area contributed by atoms with E-state index >= 15 is 0 Å². The summed E-state index contributed by atoms with van der Waals surface area (Å²) in [5.41, 5.74) is 2.51. The molecule has 1 aliphatic heterocycles. The number of nitrogens with one attached hydrogen (secondary N) is 2. The van der Waals surface area contributed by atoms with E-state index in [2.05, 4.69) is 10.6 Å². The largest absolute Gasteiger partial charge is 0.419 e. The minimum absolute atomic E-state index is 0.00777. The topological polar surface area (TPSA) is 131 Å². The van der Waals surface area contributed by atoms with Gasteiger partial charge in [-0.15, -0.1) is 0 Å². The maximum atomic E-state index is 12.8. The second kappa shape index (κ2) is 9.43. The summed E-state index contributed by atoms with van der Waals surface area (Å²) in [6, 6.07) is 9.53. The van der Waals surface area contributed by atoms with Crippen LogP contribution < -0.4 is 16.4 Å². The summed E-state index contributed by atoms with van der Waals surface area (Å²) in [6.45, 7) is 4.24. The molecule has 0 atom stereocenters. The highest BCUT2D eigenvalue weighted by molar-refractivity contribution is 7.89. The van der Waals surface area contributed by atoms with E-state index in [0.717, 1.165) is 18.4 Å². The third-order valence-corrected chi connectivity index (χ3v) is 7.63. The van der Waals surface area contributed by atoms with Crippen molar-refractivity contribution in [2.45, 2.75) is 44.6 Å². The zero-order valence-electron chi connectivity index (χ0n) is 19.0. The number of fused-ring (bicyclic) bond motifs is 1. The van der Waals surface area contributed by atoms with Crippen molar-refractivity contribution in [2.24, 2.45) is 0 Å². The number of benzene rings is 2. The number of nitrogens with zero attached hydrogens (tertiary/aromatic N) is 2. The molecule has 0 unspecified atom stereocenters. The molecule has 0 aliphatic carbocycles. The van der Waals surface area contributed by atoms with Crippen molar-refractivity contribution in [3.8, 4) is 0 Å². The molecule has 180 valence electrons. The van der Waals surface area contributed by atoms with Crippen LogP contribution in [0, 0.1) is 6.92 Å². The molecule has 3 aromatic rings. The van der Waals surface area contributed by atoms with Crippen LogP contribution in [0.4, 0.5) is 11.4 Å². The van der Waals surface area contributed by atoms with Crippen LogP contribution >= 0.6 is 0 Å². The first-order valence-electron chi connectivity index (χ1n) is 11.0. The normalized spacial score (nSPS) is 14.4. The van der Waals surface area contributed by atoms with Gasteiger partial charge in [0.15, 0.2) is 5.58 Å². The van der Waals surface area contributed by atoms with Gasteiger partial charge in [-0.25, -0.2) is 13.2 Å². The predicted molar refractivity (Wildman–Crippen MR) is 127 cm³/mol. The first-order valence-corrected chi connectivity index (χ1v) is 12.4. The van der Waals surface area contributed by atoms with Crippen LogP contribution in [-0.4, -0.2) is 42.2 Å². The molecule has 1 aliphatic rings. The number of anilines is 2. The first kappa shape index (κ1) is 23.7. The molecule has 0 radical (unpaired) electrons. The molecule has 1 saturated heterocycles. The summed E-state index contributed by atoms with van der Waals surface area (Å²) in [5.74, 6) is -1.20. The monoisotopic (exact) mass is 486 g/mol. The summed E-state index contributed by atoms with van der Waals surface area (Å²) < 4.78 is 33.6. The van der Waals surface area contributed by atoms with Crippen LogP contribution in [0.3, 0.4) is 0 Å². The van der Waals surface area contributed by atoms with Crippen LogP contribution in [-0.2, 0) is 26.2 Å². The Kier molecular flexibility index (Phi) is 6.58. The second-order valence-corrected chi connectivity index (χ2v) is 10.2. The van der Waals surface area contributed by atoms with Gasteiger partial charge in [0, 0.05) is 50.4 Å². The third kappa shape index (κ3) is 4.90. The van der Waals surface area contributed by atoms with Gasteiger partial charge in [0.2, 0.25) is 21.8 Å². The molecule has 11 heteroatoms. The number of amides is 2. The van der Waals surface area contributed by atoms with Gasteiger partial charge in [-0.05, 0) is 49.6 Å². The van der Waals surface area contributed by atoms with Crippen LogP contribution in [0.25, 0.3) is 11.1 Å². The van der Waals surface area contributed by atoms with Gasteiger partial charge in [0.1, 0.15) is 0 Å². The molecule has 0 saturated carbocycles. The van der Waals surface area contributed by atoms with Crippen LogP contribution in [0.5, 0.6) is 0 Å². The van der Waals surface area contributed by atoms with Gasteiger partial charge in [-0.1, -0.05) is 6.07 Å². The predicted octanol–water partition coefficient (Wildman–Crippen LogP) is 2.67. The Balaban J connectivity index is 1.48. The number of aromatic nitrogens is 1. The van der Waals surface area contributed by atoms with Crippen LogP contribution in [0.1, 0.15) is 31.7 Å². The SMILES string of the molecule is CC(=O)Nc1ccc(C)c(NC(=O)CCn2c(=O)oc3cc(S(=O)(=O)N4CCCC4)ccc32)c1. The Morgan fingerprint density at radius 1 is 1.06 bits per heavy atom. The van der Waals surface area contributed by atoms with Gasteiger partial charge in [-0.2, -0.15) is 4.31 Å². The second-order valence-electron chi connectivity index (χ2n) is 8.27. The van der Waals surface area contributed by atoms with Crippen molar-refractivity contribution in [3.05, 3.63) is 52.5 Å². The molecular formula is C23H26N4O6S. The quantitative estimate of drug-likeness (QED) is 0.528. The van der Waals surface area contributed by atoms with Crippen molar-refractivity contribution < 1.29 is 22.4 Å². The average Bonchev–Trinajstić information content (AvgIpc) is 3.42. The average molecular weight is 487 g/mol. The van der Waals surface area contributed by atoms with E-state index in [9.17, 15) is 22.8 Å². The molecule has 34 heavy (non-hydrogen) atoms. The molecular weight excluding hydrogens is 460 g/mol. The molecule has 2 amide bonds. The number of carbonyl (C=O) groups excluding carboxylic acids is 2. The summed E-state index contributed by atoms with van der Waals surface area (Å²) in [6.07, 6.45) is 1.64. The van der Waals surface area contributed by atoms with Crippen LogP contribution in [0.2, 0.25) is 0 Å². The Hall–Kier alpha value is -3.44. The van der Waals surface area contributed by atoms with E-state index in [4.69, 9.17) is 4.42 Å². The van der Waals surface area contributed by atoms with Gasteiger partial charge < -0.3 is 15.1 Å². The van der Waals surface area contributed by atoms with Crippen molar-refractivity contribution in [1.29, 1.82) is 0 Å². The maximum absolute atomic E-state index is 12.8. The molecule has 1 aromatic heterocycles. The van der Waals surface area contributed by atoms with Crippen molar-refractivity contribution in [3.63, 3.8) is 0 Å². The van der Waals surface area contributed by atoms with Gasteiger partial charge in [-0.3, -0.25) is 14.2 Å². The molecule has 0 spiro atoms. The van der Waals surface area contributed by atoms with E-state index in [0.29, 0.717) is 30.0 Å². The highest BCUT2D eigenvalue weighted by Crippen LogP contribution is 2.25. The zero-order chi connectivity index (χ0) is 24.5. The number of rotatable bonds is 7. The fourth-order valence-corrected chi connectivity index (χ4v) is 5.49. The highest BCUT2D eigenvalue weighted by atomic mass is 32.2. The molecule has 2 N–H and O–H groups in total. The number of hydrogen-bond donors (Lipinski definition) is 2. The molecule has 10 nitrogen and oxygen atoms in total. The number of carbonyl (C=O) groups is 2. The summed E-state index contributed by atoms with van der Waals surface area (Å²) >= 11 is 0. The number of hydrogen-bond acceptors (Lipinski definition) is 6. The number of oxazole rings is 1. The smallest absolute Gasteiger partial charge is 0.408 e. The summed E-state index contributed by atoms with van der Waals surface area (Å²) in [7, 11) is -3.64. The first-order chi connectivity index (χ1) is 16.1. The van der Waals surface area contributed by atoms with Gasteiger partial charge in [0.05, 0.1) is 10.4 Å². The van der Waals surface area contributed by atoms with E-state index in [1.54, 1.807) is 18.2 Å². The lowest BCUT2D eigenvalue weighted by Crippen LogP contribution is -2.27. The lowest BCUT2D eigenvalue weighted by molar-refractivity contribution is -0.116. The molecule has 1 fully saturated rings. The Bertz CT molecular complexity index is 1420. The summed E-state index contributed by atoms with van der Waals surface area (Å²) in [5, 5.41) is 5.46. The van der Waals surface area contributed by atoms with Gasteiger partial charge in [0.25, 0.3) is 0 Å². The molecule has 4 rings (SSSR count). The molecule has 2 aromatic carbocycles. The maximum Gasteiger partial charge on any atom is 0.419 e. The van der Waals surface area contributed by atoms with Crippen molar-refractivity contribution in [1.82, 2.24) is 8.87 Å². The zero-order valence-corrected chi connectivity index (χ0v) is 19.8. The number of aryl methyl sites for hydroxylation is 2. The third-order valence-electron chi connectivity index (χ3n) is 5.74. The Morgan fingerprint density at radius 2 is 1.79 bits per heavy atom. The standard InChI is InChI=1S/C23H26N4O6S/c1-15-5-6-17(24-16(2)28)13-19(15)25-22(29)9-12-27-20-8-7-18(14-21(20)33-23(27)30)34(31,32)26-10-3-4-11-26/h5-8,13-14H,3-4,9-12H2,1-2H3,(H,24,28)(H,25,29). The van der Waals surface area contributed by atoms with E-state index < -0.39 is 15.8 Å². The van der Waals surface area contributed by atoms with Crippen molar-refractivity contribution >= 4 is 44.3 Å². The lowest BCUT2D eigenvalue weighted by Gasteiger charge is -2.15. The van der Waals surface area contributed by atoms with Crippen molar-refractivity contribution in [2.75, 3.05) is 23.7 Å². The Morgan fingerprint density at radius 3 is 2.50 bits per heavy atom. The minimum atomic E-state index is -3.64. The highest BCUT2D eigenvalue weighted by Gasteiger charge is 2.28. The fraction of sp³-hybridized carbons (Fsp3) is 0.348. The van der Waals surface area contributed by atoms with Crippen LogP contribution in [0.15, 0.2) is 50.5 Å². The van der Waals surface area contributed by atoms with E-state index in [1.807, 2.05) is 6.92 Å². The van der Waals surface area contributed by atoms with E-state index in [-0.39, 0.29) is 35.3 Å². The van der Waals surface area contributed by atoms with Gasteiger partial charge >= 0.3 is 5.76 Å². The Labute approximate surface area is 196 Å². The number of sulfonamides is 1. The fourth-order valence-electron chi connectivity index (χ4n) is 3.96. The minimum Gasteiger partial charge on any atom is -0.408 e. The lowest BCUT2D eigenvalue weighted by atomic mass is 10.1. The van der Waals surface area contributed by atoms with E-state index in [1.165, 1.54) is 34.0 Å². The molecule has 2 heterocycles. The molecule has 0 bridgehead atoms.